The lowest BCUT2D eigenvalue weighted by molar-refractivity contribution is -0.137. The lowest BCUT2D eigenvalue weighted by atomic mass is 9.83. The molecule has 10 heteroatoms. The number of carbonyl (C=O) groups is 2. The molecular weight excluding hydrogens is 464 g/mol. The van der Waals surface area contributed by atoms with E-state index in [-0.39, 0.29) is 23.7 Å². The van der Waals surface area contributed by atoms with E-state index in [1.165, 1.54) is 14.2 Å². The summed E-state index contributed by atoms with van der Waals surface area (Å²) in [6.45, 7) is 4.74. The summed E-state index contributed by atoms with van der Waals surface area (Å²) in [5.41, 5.74) is 1.07. The van der Waals surface area contributed by atoms with Crippen LogP contribution in [0.25, 0.3) is 0 Å². The van der Waals surface area contributed by atoms with Crippen LogP contribution in [-0.4, -0.2) is 80.0 Å². The van der Waals surface area contributed by atoms with Gasteiger partial charge in [-0.3, -0.25) is 9.59 Å². The van der Waals surface area contributed by atoms with Gasteiger partial charge in [0.25, 0.3) is 11.8 Å². The summed E-state index contributed by atoms with van der Waals surface area (Å²) in [4.78, 5) is 32.5. The molecule has 0 saturated carbocycles. The summed E-state index contributed by atoms with van der Waals surface area (Å²) in [6.07, 6.45) is 1.23. The first-order valence-electron chi connectivity index (χ1n) is 11.8. The predicted octanol–water partition coefficient (Wildman–Crippen LogP) is 2.99. The summed E-state index contributed by atoms with van der Waals surface area (Å²) >= 11 is 0. The highest BCUT2D eigenvalue weighted by Gasteiger charge is 2.47. The Morgan fingerprint density at radius 2 is 1.64 bits per heavy atom. The highest BCUT2D eigenvalue weighted by atomic mass is 16.5. The number of nitrogens with zero attached hydrogens (tertiary/aromatic N) is 4. The van der Waals surface area contributed by atoms with Crippen LogP contribution in [0.5, 0.6) is 23.3 Å². The Kier molecular flexibility index (Phi) is 7.05. The van der Waals surface area contributed by atoms with Gasteiger partial charge in [0.05, 0.1) is 45.6 Å². The molecule has 0 aliphatic carbocycles. The number of hydrazone groups is 1. The van der Waals surface area contributed by atoms with E-state index in [1.54, 1.807) is 36.3 Å². The van der Waals surface area contributed by atoms with Gasteiger partial charge in [-0.1, -0.05) is 0 Å². The number of hydrogen-bond acceptors (Lipinski definition) is 8. The zero-order valence-corrected chi connectivity index (χ0v) is 21.5. The molecule has 0 atom stereocenters. The van der Waals surface area contributed by atoms with Crippen molar-refractivity contribution in [2.24, 2.45) is 10.5 Å². The fourth-order valence-electron chi connectivity index (χ4n) is 4.65. The Labute approximate surface area is 210 Å². The number of benzene rings is 1. The molecule has 2 amide bonds. The third-order valence-electron chi connectivity index (χ3n) is 6.76. The number of piperidine rings is 1. The van der Waals surface area contributed by atoms with Crippen molar-refractivity contribution in [3.63, 3.8) is 0 Å². The number of carbonyl (C=O) groups excluding carboxylic acids is 2. The molecule has 1 aromatic heterocycles. The number of hydrogen-bond donors (Lipinski definition) is 0. The fourth-order valence-corrected chi connectivity index (χ4v) is 4.65. The van der Waals surface area contributed by atoms with Crippen LogP contribution >= 0.6 is 0 Å². The van der Waals surface area contributed by atoms with Gasteiger partial charge < -0.3 is 23.8 Å². The Bertz CT molecular complexity index is 1190. The van der Waals surface area contributed by atoms with Gasteiger partial charge in [-0.2, -0.15) is 10.1 Å². The molecule has 2 aliphatic heterocycles. The number of rotatable bonds is 7. The minimum absolute atomic E-state index is 0.0573. The normalized spacial score (nSPS) is 17.6. The van der Waals surface area contributed by atoms with Crippen LogP contribution in [0.2, 0.25) is 0 Å². The van der Waals surface area contributed by atoms with Crippen molar-refractivity contribution in [3.8, 4) is 23.3 Å². The van der Waals surface area contributed by atoms with E-state index in [0.717, 1.165) is 5.56 Å². The molecule has 0 bridgehead atoms. The summed E-state index contributed by atoms with van der Waals surface area (Å²) in [7, 11) is 6.14. The van der Waals surface area contributed by atoms with Gasteiger partial charge >= 0.3 is 0 Å². The number of aromatic nitrogens is 1. The molecule has 192 valence electrons. The van der Waals surface area contributed by atoms with Crippen molar-refractivity contribution < 1.29 is 28.5 Å². The summed E-state index contributed by atoms with van der Waals surface area (Å²) in [5.74, 6) is 1.57. The van der Waals surface area contributed by atoms with Crippen LogP contribution in [0.1, 0.15) is 42.6 Å². The summed E-state index contributed by atoms with van der Waals surface area (Å²) in [6, 6.07) is 8.73. The maximum Gasteiger partial charge on any atom is 0.259 e. The highest BCUT2D eigenvalue weighted by Crippen LogP contribution is 2.37. The lowest BCUT2D eigenvalue weighted by Crippen LogP contribution is -2.47. The van der Waals surface area contributed by atoms with Crippen molar-refractivity contribution in [1.29, 1.82) is 0 Å². The van der Waals surface area contributed by atoms with Crippen molar-refractivity contribution >= 4 is 17.5 Å². The second kappa shape index (κ2) is 10.0. The van der Waals surface area contributed by atoms with Crippen LogP contribution in [0.15, 0.2) is 35.4 Å². The van der Waals surface area contributed by atoms with Gasteiger partial charge in [0.1, 0.15) is 5.56 Å². The fraction of sp³-hybridized carbons (Fsp3) is 0.462. The number of pyridine rings is 1. The standard InChI is InChI=1S/C26H32N4O6/c1-26(2)22(16-7-9-19(33-3)20(15-16)34-4)28-30(25(26)32)17-11-13-29(14-12-17)24(31)18-8-10-21(35-5)27-23(18)36-6/h7-10,15,17H,11-14H2,1-6H3. The third-order valence-corrected chi connectivity index (χ3v) is 6.76. The minimum Gasteiger partial charge on any atom is -0.493 e. The topological polar surface area (TPSA) is 103 Å². The van der Waals surface area contributed by atoms with Crippen LogP contribution in [0.4, 0.5) is 0 Å². The van der Waals surface area contributed by atoms with Gasteiger partial charge in [0, 0.05) is 24.7 Å². The van der Waals surface area contributed by atoms with E-state index < -0.39 is 5.41 Å². The van der Waals surface area contributed by atoms with Crippen LogP contribution in [0.3, 0.4) is 0 Å². The number of ether oxygens (including phenoxy) is 4. The van der Waals surface area contributed by atoms with Crippen molar-refractivity contribution in [1.82, 2.24) is 14.9 Å². The third kappa shape index (κ3) is 4.43. The molecule has 1 aromatic carbocycles. The molecule has 0 N–H and O–H groups in total. The smallest absolute Gasteiger partial charge is 0.259 e. The van der Waals surface area contributed by atoms with Gasteiger partial charge in [-0.05, 0) is 51.0 Å². The van der Waals surface area contributed by atoms with E-state index >= 15 is 0 Å². The molecule has 36 heavy (non-hydrogen) atoms. The first-order chi connectivity index (χ1) is 17.2. The van der Waals surface area contributed by atoms with Gasteiger partial charge in [0.15, 0.2) is 11.5 Å². The zero-order valence-electron chi connectivity index (χ0n) is 21.5. The molecule has 10 nitrogen and oxygen atoms in total. The molecule has 1 saturated heterocycles. The zero-order chi connectivity index (χ0) is 26.0. The first-order valence-corrected chi connectivity index (χ1v) is 11.8. The molecule has 0 spiro atoms. The predicted molar refractivity (Wildman–Crippen MR) is 133 cm³/mol. The maximum absolute atomic E-state index is 13.4. The quantitative estimate of drug-likeness (QED) is 0.581. The molecule has 2 aromatic rings. The van der Waals surface area contributed by atoms with E-state index in [0.29, 0.717) is 54.6 Å². The number of likely N-dealkylation sites (tertiary alicyclic amines) is 1. The Morgan fingerprint density at radius 3 is 2.25 bits per heavy atom. The Morgan fingerprint density at radius 1 is 0.944 bits per heavy atom. The molecule has 3 heterocycles. The monoisotopic (exact) mass is 496 g/mol. The molecule has 0 unspecified atom stereocenters. The van der Waals surface area contributed by atoms with Crippen LogP contribution < -0.4 is 18.9 Å². The van der Waals surface area contributed by atoms with Gasteiger partial charge in [-0.25, -0.2) is 5.01 Å². The number of methoxy groups -OCH3 is 4. The molecule has 1 fully saturated rings. The first kappa shape index (κ1) is 25.3. The van der Waals surface area contributed by atoms with Gasteiger partial charge in [0.2, 0.25) is 11.8 Å². The number of amides is 2. The molecular formula is C26H32N4O6. The second-order valence-corrected chi connectivity index (χ2v) is 9.23. The second-order valence-electron chi connectivity index (χ2n) is 9.23. The Balaban J connectivity index is 1.51. The van der Waals surface area contributed by atoms with E-state index in [1.807, 2.05) is 32.0 Å². The highest BCUT2D eigenvalue weighted by molar-refractivity contribution is 6.19. The van der Waals surface area contributed by atoms with E-state index in [4.69, 9.17) is 24.0 Å². The summed E-state index contributed by atoms with van der Waals surface area (Å²) in [5, 5.41) is 6.38. The van der Waals surface area contributed by atoms with Crippen molar-refractivity contribution in [2.75, 3.05) is 41.5 Å². The lowest BCUT2D eigenvalue weighted by Gasteiger charge is -2.35. The van der Waals surface area contributed by atoms with E-state index in [2.05, 4.69) is 4.98 Å². The summed E-state index contributed by atoms with van der Waals surface area (Å²) < 4.78 is 21.2. The molecule has 2 aliphatic rings. The molecule has 4 rings (SSSR count). The average molecular weight is 497 g/mol. The van der Waals surface area contributed by atoms with Crippen molar-refractivity contribution in [3.05, 3.63) is 41.5 Å². The minimum atomic E-state index is -0.797. The average Bonchev–Trinajstić information content (AvgIpc) is 3.15. The largest absolute Gasteiger partial charge is 0.493 e. The Hall–Kier alpha value is -3.82. The van der Waals surface area contributed by atoms with Gasteiger partial charge in [-0.15, -0.1) is 0 Å². The van der Waals surface area contributed by atoms with Crippen LogP contribution in [0, 0.1) is 5.41 Å². The van der Waals surface area contributed by atoms with E-state index in [9.17, 15) is 9.59 Å². The van der Waals surface area contributed by atoms with Crippen LogP contribution in [-0.2, 0) is 4.79 Å². The van der Waals surface area contributed by atoms with Crippen molar-refractivity contribution in [2.45, 2.75) is 32.7 Å². The molecule has 0 radical (unpaired) electrons. The SMILES string of the molecule is COc1ccc(C(=O)N2CCC(N3N=C(c4ccc(OC)c(OC)c4)C(C)(C)C3=O)CC2)c(OC)n1. The maximum atomic E-state index is 13.4.